The van der Waals surface area contributed by atoms with Gasteiger partial charge < -0.3 is 25.0 Å². The minimum Gasteiger partial charge on any atom is -0.497 e. The molecule has 2 saturated heterocycles. The fourth-order valence-electron chi connectivity index (χ4n) is 6.55. The zero-order chi connectivity index (χ0) is 26.3. The minimum atomic E-state index is -1.19. The number of aromatic nitrogens is 1. The van der Waals surface area contributed by atoms with Gasteiger partial charge in [-0.3, -0.25) is 19.4 Å². The molecule has 2 N–H and O–H groups in total. The van der Waals surface area contributed by atoms with Crippen molar-refractivity contribution < 1.29 is 23.9 Å². The van der Waals surface area contributed by atoms with Crippen molar-refractivity contribution in [3.63, 3.8) is 0 Å². The molecular weight excluding hydrogens is 484 g/mol. The summed E-state index contributed by atoms with van der Waals surface area (Å²) < 4.78 is 11.6. The predicted molar refractivity (Wildman–Crippen MR) is 139 cm³/mol. The van der Waals surface area contributed by atoms with Gasteiger partial charge in [0.15, 0.2) is 0 Å². The number of benzene rings is 1. The van der Waals surface area contributed by atoms with Crippen molar-refractivity contribution in [2.45, 2.75) is 62.4 Å². The van der Waals surface area contributed by atoms with Gasteiger partial charge in [-0.25, -0.2) is 0 Å². The zero-order valence-electron chi connectivity index (χ0n) is 21.3. The van der Waals surface area contributed by atoms with E-state index in [9.17, 15) is 14.4 Å². The lowest BCUT2D eigenvalue weighted by Crippen LogP contribution is -2.56. The number of hydrogen-bond donors (Lipinski definition) is 2. The second-order valence-electron chi connectivity index (χ2n) is 10.6. The van der Waals surface area contributed by atoms with Gasteiger partial charge in [-0.05, 0) is 48.7 Å². The van der Waals surface area contributed by atoms with Crippen LogP contribution in [0.4, 0.5) is 5.69 Å². The third-order valence-electron chi connectivity index (χ3n) is 8.31. The maximum Gasteiger partial charge on any atom is 0.246 e. The number of hydrogen-bond acceptors (Lipinski definition) is 6. The highest BCUT2D eigenvalue weighted by Crippen LogP contribution is 2.55. The third kappa shape index (κ3) is 4.15. The number of carbonyl (C=O) groups excluding carboxylic acids is 3. The molecule has 1 aromatic carbocycles. The summed E-state index contributed by atoms with van der Waals surface area (Å²) in [5.74, 6) is -1.65. The maximum atomic E-state index is 14.0. The Labute approximate surface area is 221 Å². The van der Waals surface area contributed by atoms with Crippen molar-refractivity contribution in [2.24, 2.45) is 11.8 Å². The summed E-state index contributed by atoms with van der Waals surface area (Å²) in [6.45, 7) is 0.211. The number of likely N-dealkylation sites (tertiary alicyclic amines) is 1. The maximum absolute atomic E-state index is 14.0. The first-order valence-corrected chi connectivity index (χ1v) is 13.3. The number of carbonyl (C=O) groups is 3. The molecule has 3 amide bonds. The van der Waals surface area contributed by atoms with Crippen LogP contribution >= 0.6 is 0 Å². The zero-order valence-corrected chi connectivity index (χ0v) is 21.3. The molecule has 3 fully saturated rings. The van der Waals surface area contributed by atoms with Gasteiger partial charge in [-0.15, -0.1) is 0 Å². The second-order valence-corrected chi connectivity index (χ2v) is 10.6. The van der Waals surface area contributed by atoms with Gasteiger partial charge in [0.25, 0.3) is 0 Å². The van der Waals surface area contributed by atoms with E-state index in [0.717, 1.165) is 31.2 Å². The van der Waals surface area contributed by atoms with Gasteiger partial charge in [0.05, 0.1) is 25.0 Å². The van der Waals surface area contributed by atoms with Crippen LogP contribution in [-0.4, -0.2) is 58.5 Å². The number of nitrogens with zero attached hydrogens (tertiary/aromatic N) is 2. The molecule has 0 unspecified atom stereocenters. The molecule has 5 atom stereocenters. The summed E-state index contributed by atoms with van der Waals surface area (Å²) in [5, 5.41) is 6.14. The van der Waals surface area contributed by atoms with Crippen LogP contribution in [0.15, 0.2) is 60.9 Å². The van der Waals surface area contributed by atoms with E-state index >= 15 is 0 Å². The number of anilines is 1. The number of rotatable bonds is 7. The Bertz CT molecular complexity index is 1240. The Balaban J connectivity index is 1.30. The smallest absolute Gasteiger partial charge is 0.246 e. The van der Waals surface area contributed by atoms with Crippen molar-refractivity contribution in [3.05, 3.63) is 66.5 Å². The molecule has 1 aromatic heterocycles. The number of fused-ring (bicyclic) bond motifs is 1. The van der Waals surface area contributed by atoms with E-state index in [4.69, 9.17) is 9.47 Å². The number of methoxy groups -OCH3 is 1. The highest BCUT2D eigenvalue weighted by Gasteiger charge is 2.72. The first-order chi connectivity index (χ1) is 18.5. The number of ether oxygens (including phenoxy) is 2. The molecule has 198 valence electrons. The molecule has 1 spiro atoms. The summed E-state index contributed by atoms with van der Waals surface area (Å²) in [6, 6.07) is 9.92. The van der Waals surface area contributed by atoms with Crippen LogP contribution in [0.3, 0.4) is 0 Å². The summed E-state index contributed by atoms with van der Waals surface area (Å²) in [5.41, 5.74) is 0.219. The van der Waals surface area contributed by atoms with Gasteiger partial charge in [-0.1, -0.05) is 37.5 Å². The largest absolute Gasteiger partial charge is 0.497 e. The Morgan fingerprint density at radius 2 is 1.92 bits per heavy atom. The van der Waals surface area contributed by atoms with E-state index in [1.165, 1.54) is 6.42 Å². The molecular formula is C29H32N4O5. The lowest BCUT2D eigenvalue weighted by atomic mass is 9.74. The molecule has 0 radical (unpaired) electrons. The molecule has 2 aromatic rings. The van der Waals surface area contributed by atoms with E-state index in [0.29, 0.717) is 11.4 Å². The van der Waals surface area contributed by atoms with Gasteiger partial charge in [0, 0.05) is 30.7 Å². The molecule has 3 aliphatic heterocycles. The highest BCUT2D eigenvalue weighted by molar-refractivity contribution is 6.02. The molecule has 9 heteroatoms. The number of nitrogens with one attached hydrogen (secondary N) is 2. The van der Waals surface area contributed by atoms with Crippen molar-refractivity contribution in [1.82, 2.24) is 15.2 Å². The summed E-state index contributed by atoms with van der Waals surface area (Å²) in [7, 11) is 1.58. The van der Waals surface area contributed by atoms with Crippen LogP contribution in [0.25, 0.3) is 0 Å². The minimum absolute atomic E-state index is 0.0822. The third-order valence-corrected chi connectivity index (χ3v) is 8.31. The quantitative estimate of drug-likeness (QED) is 0.548. The molecule has 2 bridgehead atoms. The van der Waals surface area contributed by atoms with Crippen LogP contribution in [-0.2, 0) is 25.7 Å². The molecule has 4 aliphatic rings. The summed E-state index contributed by atoms with van der Waals surface area (Å²) in [6.07, 6.45) is 11.6. The van der Waals surface area contributed by atoms with Crippen LogP contribution in [0.5, 0.6) is 5.75 Å². The van der Waals surface area contributed by atoms with Crippen molar-refractivity contribution in [1.29, 1.82) is 0 Å². The molecule has 38 heavy (non-hydrogen) atoms. The van der Waals surface area contributed by atoms with E-state index in [-0.39, 0.29) is 30.3 Å². The van der Waals surface area contributed by atoms with Crippen LogP contribution < -0.4 is 15.4 Å². The average Bonchev–Trinajstić information content (AvgIpc) is 3.58. The molecule has 9 nitrogen and oxygen atoms in total. The van der Waals surface area contributed by atoms with Crippen LogP contribution in [0, 0.1) is 11.8 Å². The monoisotopic (exact) mass is 516 g/mol. The fraction of sp³-hybridized carbons (Fsp3) is 0.448. The lowest BCUT2D eigenvalue weighted by molar-refractivity contribution is -0.142. The normalized spacial score (nSPS) is 29.8. The van der Waals surface area contributed by atoms with Crippen molar-refractivity contribution in [2.75, 3.05) is 12.4 Å². The Kier molecular flexibility index (Phi) is 6.39. The first kappa shape index (κ1) is 24.6. The Morgan fingerprint density at radius 1 is 1.13 bits per heavy atom. The van der Waals surface area contributed by atoms with E-state index in [1.54, 1.807) is 54.7 Å². The lowest BCUT2D eigenvalue weighted by Gasteiger charge is -2.34. The number of pyridine rings is 1. The van der Waals surface area contributed by atoms with Gasteiger partial charge in [0.1, 0.15) is 17.4 Å². The van der Waals surface area contributed by atoms with E-state index in [1.807, 2.05) is 18.2 Å². The van der Waals surface area contributed by atoms with Crippen molar-refractivity contribution >= 4 is 23.4 Å². The van der Waals surface area contributed by atoms with Crippen LogP contribution in [0.2, 0.25) is 0 Å². The van der Waals surface area contributed by atoms with Gasteiger partial charge in [-0.2, -0.15) is 0 Å². The number of amides is 3. The molecule has 1 saturated carbocycles. The Hall–Kier alpha value is -3.72. The molecule has 1 aliphatic carbocycles. The molecule has 4 heterocycles. The highest BCUT2D eigenvalue weighted by atomic mass is 16.5. The molecule has 6 rings (SSSR count). The SMILES string of the molecule is COc1ccc(NC(=O)[C@@H]2[C@H]3C=C[C@@]4(O3)[C@H]2C(=O)N(Cc2cccnc2)[C@@H]4C(=O)NC2CCCCC2)cc1. The standard InChI is InChI=1S/C29H32N4O5/c1-37-21-11-9-20(10-12-21)31-26(34)23-22-13-14-29(38-22)24(23)28(36)33(17-18-6-5-15-30-16-18)25(29)27(35)32-19-7-3-2-4-8-19/h5-6,9-16,19,22-25H,2-4,7-8,17H2,1H3,(H,31,34)(H,32,35)/t22-,23-,24-,25-,29-/m1/s1. The van der Waals surface area contributed by atoms with E-state index < -0.39 is 29.6 Å². The topological polar surface area (TPSA) is 110 Å². The first-order valence-electron chi connectivity index (χ1n) is 13.3. The summed E-state index contributed by atoms with van der Waals surface area (Å²) >= 11 is 0. The second kappa shape index (κ2) is 9.87. The van der Waals surface area contributed by atoms with Crippen LogP contribution in [0.1, 0.15) is 37.7 Å². The van der Waals surface area contributed by atoms with Gasteiger partial charge in [0.2, 0.25) is 17.7 Å². The average molecular weight is 517 g/mol. The van der Waals surface area contributed by atoms with E-state index in [2.05, 4.69) is 15.6 Å². The summed E-state index contributed by atoms with van der Waals surface area (Å²) in [4.78, 5) is 47.2. The fourth-order valence-corrected chi connectivity index (χ4v) is 6.55. The predicted octanol–water partition coefficient (Wildman–Crippen LogP) is 2.83. The Morgan fingerprint density at radius 3 is 2.63 bits per heavy atom. The van der Waals surface area contributed by atoms with Gasteiger partial charge >= 0.3 is 0 Å². The van der Waals surface area contributed by atoms with Crippen molar-refractivity contribution in [3.8, 4) is 5.75 Å².